The number of nitro groups is 1. The second kappa shape index (κ2) is 6.63. The molecule has 9 nitrogen and oxygen atoms in total. The molecule has 158 valence electrons. The Morgan fingerprint density at radius 2 is 2.06 bits per heavy atom. The van der Waals surface area contributed by atoms with E-state index in [1.54, 1.807) is 16.8 Å². The normalized spacial score (nSPS) is 19.6. The van der Waals surface area contributed by atoms with Crippen LogP contribution in [0, 0.1) is 22.5 Å². The molecule has 0 spiro atoms. The van der Waals surface area contributed by atoms with E-state index in [0.29, 0.717) is 41.5 Å². The number of nitrogens with zero attached hydrogens (tertiary/aromatic N) is 4. The third-order valence-corrected chi connectivity index (χ3v) is 5.68. The second-order valence-electron chi connectivity index (χ2n) is 8.82. The number of carbonyl (C=O) groups is 1. The van der Waals surface area contributed by atoms with E-state index >= 15 is 0 Å². The van der Waals surface area contributed by atoms with Gasteiger partial charge in [0.25, 0.3) is 5.69 Å². The van der Waals surface area contributed by atoms with E-state index in [1.807, 2.05) is 19.1 Å². The largest absolute Gasteiger partial charge is 0.464 e. The summed E-state index contributed by atoms with van der Waals surface area (Å²) in [5.41, 5.74) is 1.78. The van der Waals surface area contributed by atoms with Crippen molar-refractivity contribution >= 4 is 17.4 Å². The number of aryl methyl sites for hydroxylation is 1. The first kappa shape index (κ1) is 19.2. The van der Waals surface area contributed by atoms with Gasteiger partial charge in [-0.15, -0.1) is 5.10 Å². The SMILES string of the molecule is Cc1ccc(C2C3=C(CC(C)(C)CC3=O)Nc3nc(-c4cccc([N+](=O)[O-])c4)nn32)o1. The Kier molecular flexibility index (Phi) is 4.11. The molecule has 3 aromatic rings. The standard InChI is InChI=1S/C22H21N5O4/c1-12-7-8-17(31-12)19-18-15(10-22(2,3)11-16(18)28)23-21-24-20(25-26(19)21)13-5-4-6-14(9-13)27(29)30/h4-9,19H,10-11H2,1-3H3,(H,23,24,25). The zero-order valence-corrected chi connectivity index (χ0v) is 17.4. The number of carbonyl (C=O) groups excluding carboxylic acids is 1. The summed E-state index contributed by atoms with van der Waals surface area (Å²) in [7, 11) is 0. The average molecular weight is 419 g/mol. The van der Waals surface area contributed by atoms with E-state index in [-0.39, 0.29) is 16.9 Å². The number of aromatic nitrogens is 3. The number of hydrogen-bond acceptors (Lipinski definition) is 7. The van der Waals surface area contributed by atoms with E-state index in [0.717, 1.165) is 11.5 Å². The quantitative estimate of drug-likeness (QED) is 0.493. The third kappa shape index (κ3) is 3.22. The highest BCUT2D eigenvalue weighted by Crippen LogP contribution is 2.46. The highest BCUT2D eigenvalue weighted by molar-refractivity contribution is 6.00. The van der Waals surface area contributed by atoms with E-state index in [2.05, 4.69) is 29.2 Å². The van der Waals surface area contributed by atoms with Crippen LogP contribution in [0.5, 0.6) is 0 Å². The molecule has 31 heavy (non-hydrogen) atoms. The lowest BCUT2D eigenvalue weighted by Crippen LogP contribution is -2.36. The van der Waals surface area contributed by atoms with Crippen molar-refractivity contribution < 1.29 is 14.1 Å². The van der Waals surface area contributed by atoms with E-state index < -0.39 is 11.0 Å². The molecule has 1 aliphatic heterocycles. The highest BCUT2D eigenvalue weighted by Gasteiger charge is 2.43. The minimum atomic E-state index is -0.538. The summed E-state index contributed by atoms with van der Waals surface area (Å²) in [5, 5.41) is 19.1. The van der Waals surface area contributed by atoms with Crippen molar-refractivity contribution in [2.75, 3.05) is 5.32 Å². The van der Waals surface area contributed by atoms with Crippen LogP contribution in [0.4, 0.5) is 11.6 Å². The van der Waals surface area contributed by atoms with Crippen molar-refractivity contribution in [1.29, 1.82) is 0 Å². The first-order chi connectivity index (χ1) is 14.7. The second-order valence-corrected chi connectivity index (χ2v) is 8.82. The molecule has 0 fully saturated rings. The van der Waals surface area contributed by atoms with Crippen molar-refractivity contribution in [3.05, 3.63) is 69.3 Å². The maximum Gasteiger partial charge on any atom is 0.270 e. The lowest BCUT2D eigenvalue weighted by atomic mass is 9.73. The van der Waals surface area contributed by atoms with Gasteiger partial charge in [0.2, 0.25) is 5.95 Å². The molecule has 1 aromatic carbocycles. The van der Waals surface area contributed by atoms with Crippen molar-refractivity contribution in [1.82, 2.24) is 14.8 Å². The van der Waals surface area contributed by atoms with Gasteiger partial charge in [0, 0.05) is 35.4 Å². The molecular formula is C22H21N5O4. The Morgan fingerprint density at radius 1 is 1.26 bits per heavy atom. The van der Waals surface area contributed by atoms with Crippen molar-refractivity contribution in [3.63, 3.8) is 0 Å². The van der Waals surface area contributed by atoms with Crippen LogP contribution in [0.15, 0.2) is 52.1 Å². The van der Waals surface area contributed by atoms with E-state index in [9.17, 15) is 14.9 Å². The number of nitrogens with one attached hydrogen (secondary N) is 1. The molecular weight excluding hydrogens is 398 g/mol. The monoisotopic (exact) mass is 419 g/mol. The molecule has 0 saturated heterocycles. The minimum Gasteiger partial charge on any atom is -0.464 e. The van der Waals surface area contributed by atoms with Crippen LogP contribution in [0.2, 0.25) is 0 Å². The average Bonchev–Trinajstić information content (AvgIpc) is 3.31. The number of furan rings is 1. The smallest absolute Gasteiger partial charge is 0.270 e. The van der Waals surface area contributed by atoms with Gasteiger partial charge in [0.05, 0.1) is 4.92 Å². The topological polar surface area (TPSA) is 116 Å². The van der Waals surface area contributed by atoms with Crippen molar-refractivity contribution in [2.45, 2.75) is 39.7 Å². The fourth-order valence-corrected chi connectivity index (χ4v) is 4.35. The van der Waals surface area contributed by atoms with Crippen LogP contribution in [0.1, 0.15) is 44.3 Å². The summed E-state index contributed by atoms with van der Waals surface area (Å²) >= 11 is 0. The molecule has 0 amide bonds. The zero-order valence-electron chi connectivity index (χ0n) is 17.4. The summed E-state index contributed by atoms with van der Waals surface area (Å²) in [6.07, 6.45) is 1.13. The number of allylic oxidation sites excluding steroid dienone is 2. The van der Waals surface area contributed by atoms with Crippen LogP contribution in [-0.4, -0.2) is 25.5 Å². The lowest BCUT2D eigenvalue weighted by molar-refractivity contribution is -0.384. The van der Waals surface area contributed by atoms with Crippen LogP contribution in [0.3, 0.4) is 0 Å². The highest BCUT2D eigenvalue weighted by atomic mass is 16.6. The maximum absolute atomic E-state index is 13.2. The van der Waals surface area contributed by atoms with Crippen LogP contribution in [0.25, 0.3) is 11.4 Å². The Hall–Kier alpha value is -3.75. The predicted octanol–water partition coefficient (Wildman–Crippen LogP) is 4.41. The molecule has 1 N–H and O–H groups in total. The Balaban J connectivity index is 1.66. The number of Topliss-reactive ketones (excluding diaryl/α,β-unsaturated/α-hetero) is 1. The number of fused-ring (bicyclic) bond motifs is 1. The Labute approximate surface area is 177 Å². The summed E-state index contributed by atoms with van der Waals surface area (Å²) in [4.78, 5) is 28.5. The van der Waals surface area contributed by atoms with Crippen LogP contribution in [-0.2, 0) is 4.79 Å². The Bertz CT molecular complexity index is 1270. The van der Waals surface area contributed by atoms with Gasteiger partial charge in [0.1, 0.15) is 17.6 Å². The van der Waals surface area contributed by atoms with E-state index in [4.69, 9.17) is 4.42 Å². The lowest BCUT2D eigenvalue weighted by Gasteiger charge is -2.37. The molecule has 5 rings (SSSR count). The van der Waals surface area contributed by atoms with Gasteiger partial charge in [-0.05, 0) is 30.9 Å². The third-order valence-electron chi connectivity index (χ3n) is 5.68. The van der Waals surface area contributed by atoms with Gasteiger partial charge in [-0.25, -0.2) is 4.68 Å². The van der Waals surface area contributed by atoms with Gasteiger partial charge in [0.15, 0.2) is 11.6 Å². The number of ketones is 1. The Morgan fingerprint density at radius 3 is 2.77 bits per heavy atom. The number of benzene rings is 1. The number of hydrogen-bond donors (Lipinski definition) is 1. The molecule has 0 saturated carbocycles. The molecule has 2 aliphatic rings. The molecule has 3 heterocycles. The number of nitro benzene ring substituents is 1. The summed E-state index contributed by atoms with van der Waals surface area (Å²) in [6, 6.07) is 9.35. The minimum absolute atomic E-state index is 0.0363. The number of anilines is 1. The molecule has 1 unspecified atom stereocenters. The van der Waals surface area contributed by atoms with Crippen molar-refractivity contribution in [2.24, 2.45) is 5.41 Å². The zero-order chi connectivity index (χ0) is 21.9. The molecule has 0 radical (unpaired) electrons. The van der Waals surface area contributed by atoms with Gasteiger partial charge < -0.3 is 9.73 Å². The van der Waals surface area contributed by atoms with Crippen LogP contribution >= 0.6 is 0 Å². The van der Waals surface area contributed by atoms with Crippen molar-refractivity contribution in [3.8, 4) is 11.4 Å². The summed E-state index contributed by atoms with van der Waals surface area (Å²) in [5.74, 6) is 2.21. The maximum atomic E-state index is 13.2. The molecule has 1 atom stereocenters. The summed E-state index contributed by atoms with van der Waals surface area (Å²) < 4.78 is 7.54. The number of non-ortho nitro benzene ring substituents is 1. The van der Waals surface area contributed by atoms with Crippen LogP contribution < -0.4 is 5.32 Å². The fraction of sp³-hybridized carbons (Fsp3) is 0.318. The fourth-order valence-electron chi connectivity index (χ4n) is 4.35. The first-order valence-corrected chi connectivity index (χ1v) is 10.0. The van der Waals surface area contributed by atoms with Gasteiger partial charge in [-0.2, -0.15) is 4.98 Å². The van der Waals surface area contributed by atoms with Gasteiger partial charge >= 0.3 is 0 Å². The molecule has 1 aliphatic carbocycles. The molecule has 9 heteroatoms. The summed E-state index contributed by atoms with van der Waals surface area (Å²) in [6.45, 7) is 5.98. The first-order valence-electron chi connectivity index (χ1n) is 10.0. The number of rotatable bonds is 3. The van der Waals surface area contributed by atoms with E-state index in [1.165, 1.54) is 12.1 Å². The molecule has 0 bridgehead atoms. The van der Waals surface area contributed by atoms with Gasteiger partial charge in [-0.3, -0.25) is 14.9 Å². The predicted molar refractivity (Wildman–Crippen MR) is 112 cm³/mol. The molecule has 2 aromatic heterocycles. The van der Waals surface area contributed by atoms with Gasteiger partial charge in [-0.1, -0.05) is 26.0 Å².